The lowest BCUT2D eigenvalue weighted by molar-refractivity contribution is -0.125. The Morgan fingerprint density at radius 3 is 2.06 bits per heavy atom. The van der Waals surface area contributed by atoms with E-state index in [1.54, 1.807) is 21.0 Å². The smallest absolute Gasteiger partial charge is 0.239 e. The second-order valence-electron chi connectivity index (χ2n) is 12.3. The summed E-state index contributed by atoms with van der Waals surface area (Å²) in [6.45, 7) is 23.1. The van der Waals surface area contributed by atoms with Gasteiger partial charge in [0.1, 0.15) is 5.75 Å². The number of nitrogens with zero attached hydrogens (tertiary/aromatic N) is 1. The molecule has 3 aromatic rings. The van der Waals surface area contributed by atoms with E-state index >= 15 is 0 Å². The minimum absolute atomic E-state index is 0.177. The molecular weight excluding hydrogens is 590 g/mol. The van der Waals surface area contributed by atoms with E-state index in [-0.39, 0.29) is 5.91 Å². The fourth-order valence-electron chi connectivity index (χ4n) is 4.74. The molecule has 0 saturated carbocycles. The number of carbonyl (C=O) groups is 1. The first-order valence-electron chi connectivity index (χ1n) is 17.1. The van der Waals surface area contributed by atoms with Gasteiger partial charge >= 0.3 is 0 Å². The van der Waals surface area contributed by atoms with Gasteiger partial charge < -0.3 is 20.7 Å². The van der Waals surface area contributed by atoms with Gasteiger partial charge in [0, 0.05) is 24.4 Å². The Bertz CT molecular complexity index is 1490. The molecule has 0 unspecified atom stereocenters. The molecule has 3 rings (SSSR count). The van der Waals surface area contributed by atoms with Crippen LogP contribution < -0.4 is 15.8 Å². The fourth-order valence-corrected chi connectivity index (χ4v) is 4.74. The highest BCUT2D eigenvalue weighted by atomic mass is 16.5. The average Bonchev–Trinajstić information content (AvgIpc) is 3.10. The predicted octanol–water partition coefficient (Wildman–Crippen LogP) is 10.4. The highest BCUT2D eigenvalue weighted by Gasteiger charge is 2.23. The molecule has 3 N–H and O–H groups in total. The van der Waals surface area contributed by atoms with Crippen molar-refractivity contribution in [2.75, 3.05) is 13.7 Å². The summed E-state index contributed by atoms with van der Waals surface area (Å²) in [7, 11) is 1.68. The van der Waals surface area contributed by atoms with Crippen LogP contribution >= 0.6 is 0 Å². The zero-order valence-corrected chi connectivity index (χ0v) is 31.3. The van der Waals surface area contributed by atoms with Gasteiger partial charge in [-0.05, 0) is 87.9 Å². The maximum Gasteiger partial charge on any atom is 0.239 e. The summed E-state index contributed by atoms with van der Waals surface area (Å²) in [6, 6.07) is 26.9. The van der Waals surface area contributed by atoms with Crippen LogP contribution in [0.4, 0.5) is 0 Å². The summed E-state index contributed by atoms with van der Waals surface area (Å²) in [5, 5.41) is 3.02. The van der Waals surface area contributed by atoms with Crippen molar-refractivity contribution in [2.45, 2.75) is 93.7 Å². The molecule has 5 nitrogen and oxygen atoms in total. The second kappa shape index (κ2) is 22.3. The molecular formula is C43H61N3O2. The SMILES string of the molecule is C/C=C(\CNC(=O)C(C)(C)N)N(Cc1cccc(OC)c1)C(Cc1ccccc1)=C(C)CC.C=Cc1ccccc1/C(C)=C\C.CCC. The van der Waals surface area contributed by atoms with Crippen molar-refractivity contribution in [3.63, 3.8) is 0 Å². The third kappa shape index (κ3) is 14.2. The number of ether oxygens (including phenoxy) is 1. The second-order valence-corrected chi connectivity index (χ2v) is 12.3. The van der Waals surface area contributed by atoms with Crippen LogP contribution in [-0.4, -0.2) is 30.0 Å². The molecule has 0 heterocycles. The number of amides is 1. The Morgan fingerprint density at radius 2 is 1.52 bits per heavy atom. The lowest BCUT2D eigenvalue weighted by Crippen LogP contribution is -2.50. The van der Waals surface area contributed by atoms with Gasteiger partial charge in [-0.15, -0.1) is 0 Å². The van der Waals surface area contributed by atoms with Crippen molar-refractivity contribution < 1.29 is 9.53 Å². The number of carbonyl (C=O) groups excluding carboxylic acids is 1. The number of allylic oxidation sites excluding steroid dienone is 5. The quantitative estimate of drug-likeness (QED) is 0.193. The molecule has 0 atom stereocenters. The van der Waals surface area contributed by atoms with Crippen molar-refractivity contribution in [2.24, 2.45) is 5.73 Å². The highest BCUT2D eigenvalue weighted by Crippen LogP contribution is 2.27. The average molecular weight is 652 g/mol. The van der Waals surface area contributed by atoms with E-state index in [9.17, 15) is 4.79 Å². The lowest BCUT2D eigenvalue weighted by Gasteiger charge is -2.33. The molecule has 5 heteroatoms. The van der Waals surface area contributed by atoms with Crippen LogP contribution in [0.15, 0.2) is 115 Å². The normalized spacial score (nSPS) is 12.0. The van der Waals surface area contributed by atoms with E-state index in [0.29, 0.717) is 13.1 Å². The van der Waals surface area contributed by atoms with E-state index in [4.69, 9.17) is 10.5 Å². The summed E-state index contributed by atoms with van der Waals surface area (Å²) in [4.78, 5) is 14.8. The number of methoxy groups -OCH3 is 1. The number of benzene rings is 3. The summed E-state index contributed by atoms with van der Waals surface area (Å²) in [6.07, 6.45) is 9.07. The summed E-state index contributed by atoms with van der Waals surface area (Å²) < 4.78 is 5.45. The van der Waals surface area contributed by atoms with E-state index < -0.39 is 5.54 Å². The van der Waals surface area contributed by atoms with Gasteiger partial charge in [0.2, 0.25) is 5.91 Å². The van der Waals surface area contributed by atoms with E-state index in [1.165, 1.54) is 40.0 Å². The van der Waals surface area contributed by atoms with Crippen LogP contribution in [0.5, 0.6) is 5.75 Å². The first-order valence-corrected chi connectivity index (χ1v) is 17.1. The topological polar surface area (TPSA) is 67.6 Å². The van der Waals surface area contributed by atoms with Gasteiger partial charge in [-0.3, -0.25) is 4.79 Å². The largest absolute Gasteiger partial charge is 0.497 e. The predicted molar refractivity (Wildman–Crippen MR) is 209 cm³/mol. The first-order chi connectivity index (χ1) is 22.9. The molecule has 1 amide bonds. The van der Waals surface area contributed by atoms with E-state index in [0.717, 1.165) is 29.9 Å². The maximum atomic E-state index is 12.5. The zero-order valence-electron chi connectivity index (χ0n) is 31.3. The maximum absolute atomic E-state index is 12.5. The Hall–Kier alpha value is -4.35. The number of nitrogens with two attached hydrogens (primary N) is 1. The van der Waals surface area contributed by atoms with Gasteiger partial charge in [0.15, 0.2) is 0 Å². The van der Waals surface area contributed by atoms with Gasteiger partial charge in [-0.2, -0.15) is 0 Å². The number of nitrogens with one attached hydrogen (secondary N) is 1. The first kappa shape index (κ1) is 41.7. The minimum Gasteiger partial charge on any atom is -0.497 e. The van der Waals surface area contributed by atoms with Gasteiger partial charge in [0.25, 0.3) is 0 Å². The summed E-state index contributed by atoms with van der Waals surface area (Å²) in [5.41, 5.74) is 14.8. The molecule has 0 radical (unpaired) electrons. The van der Waals surface area contributed by atoms with E-state index in [1.807, 2.05) is 37.3 Å². The van der Waals surface area contributed by atoms with Gasteiger partial charge in [-0.25, -0.2) is 0 Å². The Balaban J connectivity index is 0.000000635. The molecule has 0 spiro atoms. The zero-order chi connectivity index (χ0) is 36.1. The van der Waals surface area contributed by atoms with Crippen LogP contribution in [0.3, 0.4) is 0 Å². The van der Waals surface area contributed by atoms with Crippen LogP contribution in [0.25, 0.3) is 11.6 Å². The third-order valence-corrected chi connectivity index (χ3v) is 7.77. The lowest BCUT2D eigenvalue weighted by atomic mass is 10.0. The standard InChI is InChI=1S/C28H39N3O2.C12H14.C3H8/c1-7-21(3)26(18-22-13-10-9-11-14-22)31(20-23-15-12-16-25(17-23)33-6)24(8-2)19-30-27(32)28(4,5)29;1-4-10(3)12-9-7-6-8-11(12)5-2;1-3-2/h8-17H,7,18-20,29H2,1-6H3,(H,30,32);4-9H,2H2,1,3H3;3H2,1-2H3/b24-8+,26-21?;10-4-;. The molecule has 260 valence electrons. The monoisotopic (exact) mass is 651 g/mol. The molecule has 48 heavy (non-hydrogen) atoms. The molecule has 0 fully saturated rings. The van der Waals surface area contributed by atoms with Crippen molar-refractivity contribution in [1.29, 1.82) is 0 Å². The molecule has 0 saturated heterocycles. The van der Waals surface area contributed by atoms with Crippen LogP contribution in [-0.2, 0) is 17.8 Å². The Morgan fingerprint density at radius 1 is 0.917 bits per heavy atom. The fraction of sp³-hybridized carbons (Fsp3) is 0.372. The number of hydrogen-bond acceptors (Lipinski definition) is 4. The number of hydrogen-bond donors (Lipinski definition) is 2. The van der Waals surface area contributed by atoms with Gasteiger partial charge in [-0.1, -0.05) is 124 Å². The molecule has 0 aliphatic rings. The van der Waals surface area contributed by atoms with Crippen molar-refractivity contribution in [1.82, 2.24) is 10.2 Å². The van der Waals surface area contributed by atoms with Crippen LogP contribution in [0.2, 0.25) is 0 Å². The van der Waals surface area contributed by atoms with Crippen molar-refractivity contribution >= 4 is 17.6 Å². The Kier molecular flexibility index (Phi) is 19.3. The Labute approximate surface area is 292 Å². The molecule has 0 aliphatic carbocycles. The van der Waals surface area contributed by atoms with Crippen LogP contribution in [0.1, 0.15) is 97.4 Å². The molecule has 0 aliphatic heterocycles. The molecule has 0 aromatic heterocycles. The van der Waals surface area contributed by atoms with Crippen molar-refractivity contribution in [3.8, 4) is 5.75 Å². The minimum atomic E-state index is -0.932. The van der Waals surface area contributed by atoms with Crippen molar-refractivity contribution in [3.05, 3.63) is 137 Å². The summed E-state index contributed by atoms with van der Waals surface area (Å²) in [5.74, 6) is 0.650. The number of rotatable bonds is 13. The van der Waals surface area contributed by atoms with Gasteiger partial charge in [0.05, 0.1) is 19.2 Å². The third-order valence-electron chi connectivity index (χ3n) is 7.77. The highest BCUT2D eigenvalue weighted by molar-refractivity contribution is 5.85. The van der Waals surface area contributed by atoms with Crippen LogP contribution in [0, 0.1) is 0 Å². The summed E-state index contributed by atoms with van der Waals surface area (Å²) >= 11 is 0. The molecule has 3 aromatic carbocycles. The molecule has 0 bridgehead atoms. The van der Waals surface area contributed by atoms with E-state index in [2.05, 4.69) is 125 Å².